The molecule has 0 unspecified atom stereocenters. The van der Waals surface area contributed by atoms with Crippen molar-refractivity contribution in [2.45, 2.75) is 12.8 Å². The van der Waals surface area contributed by atoms with E-state index >= 15 is 0 Å². The van der Waals surface area contributed by atoms with Crippen molar-refractivity contribution in [1.29, 1.82) is 0 Å². The Hall–Kier alpha value is -2.12. The van der Waals surface area contributed by atoms with Gasteiger partial charge in [-0.25, -0.2) is 0 Å². The molecule has 0 heterocycles. The Morgan fingerprint density at radius 2 is 1.17 bits per heavy atom. The maximum absolute atomic E-state index is 3.68. The lowest BCUT2D eigenvalue weighted by Gasteiger charge is -2.12. The number of hydrogen-bond acceptors (Lipinski definition) is 0. The fraction of sp³-hybridized carbons (Fsp3) is 0.0909. The highest BCUT2D eigenvalue weighted by molar-refractivity contribution is 9.10. The first kappa shape index (κ1) is 14.5. The van der Waals surface area contributed by atoms with Gasteiger partial charge < -0.3 is 0 Å². The van der Waals surface area contributed by atoms with Crippen LogP contribution in [0.1, 0.15) is 27.8 Å². The molecule has 0 bridgehead atoms. The van der Waals surface area contributed by atoms with Crippen molar-refractivity contribution < 1.29 is 0 Å². The third-order valence-electron chi connectivity index (χ3n) is 4.48. The first-order valence-corrected chi connectivity index (χ1v) is 8.75. The zero-order chi connectivity index (χ0) is 15.6. The van der Waals surface area contributed by atoms with E-state index in [1.54, 1.807) is 0 Å². The van der Waals surface area contributed by atoms with Crippen LogP contribution in [-0.4, -0.2) is 0 Å². The maximum atomic E-state index is 3.68. The number of halogens is 1. The Morgan fingerprint density at radius 1 is 0.652 bits per heavy atom. The summed E-state index contributed by atoms with van der Waals surface area (Å²) in [7, 11) is 0. The molecule has 1 aliphatic rings. The smallest absolute Gasteiger partial charge is 0.0247 e. The van der Waals surface area contributed by atoms with Crippen molar-refractivity contribution in [2.75, 3.05) is 0 Å². The molecular weight excluding hydrogens is 344 g/mol. The Balaban J connectivity index is 1.99. The summed E-state index contributed by atoms with van der Waals surface area (Å²) in [5, 5.41) is 0. The molecule has 3 aromatic carbocycles. The van der Waals surface area contributed by atoms with Gasteiger partial charge in [0, 0.05) is 4.47 Å². The van der Waals surface area contributed by atoms with Gasteiger partial charge in [-0.2, -0.15) is 0 Å². The summed E-state index contributed by atoms with van der Waals surface area (Å²) in [6.45, 7) is 0. The average Bonchev–Trinajstić information content (AvgIpc) is 2.75. The average molecular weight is 361 g/mol. The van der Waals surface area contributed by atoms with E-state index in [-0.39, 0.29) is 0 Å². The van der Waals surface area contributed by atoms with Crippen LogP contribution in [0.2, 0.25) is 0 Å². The lowest BCUT2D eigenvalue weighted by atomic mass is 9.92. The van der Waals surface area contributed by atoms with E-state index in [9.17, 15) is 0 Å². The Bertz CT molecular complexity index is 840. The molecule has 0 aromatic heterocycles. The number of benzene rings is 3. The quantitative estimate of drug-likeness (QED) is 0.489. The molecule has 0 aliphatic heterocycles. The topological polar surface area (TPSA) is 0 Å². The van der Waals surface area contributed by atoms with Crippen LogP contribution in [-0.2, 0) is 12.8 Å². The summed E-state index contributed by atoms with van der Waals surface area (Å²) in [4.78, 5) is 0. The second-order valence-electron chi connectivity index (χ2n) is 5.89. The van der Waals surface area contributed by atoms with Crippen LogP contribution in [0, 0.1) is 0 Å². The first-order valence-electron chi connectivity index (χ1n) is 7.96. The largest absolute Gasteiger partial charge is 0.0620 e. The standard InChI is InChI=1S/C22H17Br/c23-22-12-6-3-9-18(22)15-21-19-10-4-1-7-16(19)13-14-17-8-2-5-11-20(17)21/h1-12,15H,13-14H2. The molecule has 0 spiro atoms. The number of aryl methyl sites for hydroxylation is 2. The highest BCUT2D eigenvalue weighted by Crippen LogP contribution is 2.35. The second kappa shape index (κ2) is 6.17. The number of rotatable bonds is 1. The van der Waals surface area contributed by atoms with Crippen molar-refractivity contribution in [3.8, 4) is 0 Å². The van der Waals surface area contributed by atoms with Gasteiger partial charge in [0.1, 0.15) is 0 Å². The number of hydrogen-bond donors (Lipinski definition) is 0. The van der Waals surface area contributed by atoms with Gasteiger partial charge in [0.05, 0.1) is 0 Å². The molecule has 0 amide bonds. The predicted molar refractivity (Wildman–Crippen MR) is 101 cm³/mol. The van der Waals surface area contributed by atoms with Gasteiger partial charge in [-0.15, -0.1) is 0 Å². The highest BCUT2D eigenvalue weighted by atomic mass is 79.9. The molecule has 23 heavy (non-hydrogen) atoms. The molecule has 1 heteroatoms. The lowest BCUT2D eigenvalue weighted by Crippen LogP contribution is -1.92. The third kappa shape index (κ3) is 2.77. The summed E-state index contributed by atoms with van der Waals surface area (Å²) >= 11 is 3.68. The summed E-state index contributed by atoms with van der Waals surface area (Å²) in [6.07, 6.45) is 4.51. The van der Waals surface area contributed by atoms with Crippen molar-refractivity contribution in [1.82, 2.24) is 0 Å². The van der Waals surface area contributed by atoms with Crippen LogP contribution in [0.15, 0.2) is 77.3 Å². The maximum Gasteiger partial charge on any atom is 0.0247 e. The minimum atomic E-state index is 1.10. The molecule has 1 aliphatic carbocycles. The summed E-state index contributed by atoms with van der Waals surface area (Å²) in [5.41, 5.74) is 8.11. The zero-order valence-corrected chi connectivity index (χ0v) is 14.4. The third-order valence-corrected chi connectivity index (χ3v) is 5.21. The Kier molecular flexibility index (Phi) is 3.88. The van der Waals surface area contributed by atoms with E-state index < -0.39 is 0 Å². The normalized spacial score (nSPS) is 13.0. The monoisotopic (exact) mass is 360 g/mol. The molecule has 112 valence electrons. The molecule has 0 fully saturated rings. The first-order chi connectivity index (χ1) is 11.3. The summed E-state index contributed by atoms with van der Waals surface area (Å²) in [5.74, 6) is 0. The molecule has 0 N–H and O–H groups in total. The van der Waals surface area contributed by atoms with Gasteiger partial charge >= 0.3 is 0 Å². The lowest BCUT2D eigenvalue weighted by molar-refractivity contribution is 0.965. The van der Waals surface area contributed by atoms with Crippen molar-refractivity contribution >= 4 is 27.6 Å². The van der Waals surface area contributed by atoms with Gasteiger partial charge in [0.15, 0.2) is 0 Å². The van der Waals surface area contributed by atoms with E-state index in [1.165, 1.54) is 33.4 Å². The Labute approximate surface area is 145 Å². The molecule has 0 atom stereocenters. The zero-order valence-electron chi connectivity index (χ0n) is 12.8. The van der Waals surface area contributed by atoms with Crippen LogP contribution in [0.3, 0.4) is 0 Å². The predicted octanol–water partition coefficient (Wildman–Crippen LogP) is 6.14. The molecule has 0 radical (unpaired) electrons. The molecule has 0 saturated carbocycles. The van der Waals surface area contributed by atoms with E-state index in [0.29, 0.717) is 0 Å². The molecule has 3 aromatic rings. The highest BCUT2D eigenvalue weighted by Gasteiger charge is 2.17. The fourth-order valence-electron chi connectivity index (χ4n) is 3.32. The van der Waals surface area contributed by atoms with Crippen molar-refractivity contribution in [3.05, 3.63) is 105 Å². The Morgan fingerprint density at radius 3 is 1.78 bits per heavy atom. The van der Waals surface area contributed by atoms with E-state index in [0.717, 1.165) is 17.3 Å². The van der Waals surface area contributed by atoms with Crippen LogP contribution >= 0.6 is 15.9 Å². The van der Waals surface area contributed by atoms with E-state index in [1.807, 2.05) is 0 Å². The van der Waals surface area contributed by atoms with E-state index in [4.69, 9.17) is 0 Å². The SMILES string of the molecule is Brc1ccccc1C=C1c2ccccc2CCc2ccccc21. The van der Waals surface area contributed by atoms with Gasteiger partial charge in [-0.3, -0.25) is 0 Å². The fourth-order valence-corrected chi connectivity index (χ4v) is 3.72. The minimum Gasteiger partial charge on any atom is -0.0620 e. The molecule has 0 nitrogen and oxygen atoms in total. The van der Waals surface area contributed by atoms with Crippen molar-refractivity contribution in [3.63, 3.8) is 0 Å². The van der Waals surface area contributed by atoms with Crippen LogP contribution in [0.25, 0.3) is 11.6 Å². The second-order valence-corrected chi connectivity index (χ2v) is 6.75. The van der Waals surface area contributed by atoms with Gasteiger partial charge in [-0.1, -0.05) is 82.7 Å². The van der Waals surface area contributed by atoms with Crippen molar-refractivity contribution in [2.24, 2.45) is 0 Å². The molecule has 4 rings (SSSR count). The molecular formula is C22H17Br. The van der Waals surface area contributed by atoms with Crippen LogP contribution in [0.4, 0.5) is 0 Å². The molecule has 0 saturated heterocycles. The van der Waals surface area contributed by atoms with Gasteiger partial charge in [0.2, 0.25) is 0 Å². The number of fused-ring (bicyclic) bond motifs is 2. The van der Waals surface area contributed by atoms with Crippen LogP contribution in [0.5, 0.6) is 0 Å². The van der Waals surface area contributed by atoms with Gasteiger partial charge in [0.25, 0.3) is 0 Å². The van der Waals surface area contributed by atoms with Gasteiger partial charge in [-0.05, 0) is 58.4 Å². The minimum absolute atomic E-state index is 1.10. The van der Waals surface area contributed by atoms with Crippen LogP contribution < -0.4 is 0 Å². The van der Waals surface area contributed by atoms with E-state index in [2.05, 4.69) is 94.8 Å². The summed E-state index contributed by atoms with van der Waals surface area (Å²) < 4.78 is 1.13. The summed E-state index contributed by atoms with van der Waals surface area (Å²) in [6, 6.07) is 26.0.